The lowest BCUT2D eigenvalue weighted by Gasteiger charge is -2.32. The van der Waals surface area contributed by atoms with E-state index in [0.717, 1.165) is 38.9 Å². The van der Waals surface area contributed by atoms with E-state index < -0.39 is 0 Å². The first-order valence-corrected chi connectivity index (χ1v) is 7.75. The molecule has 110 valence electrons. The second kappa shape index (κ2) is 6.53. The number of hydrogen-bond donors (Lipinski definition) is 0. The number of carbonyl (C=O) groups is 1. The summed E-state index contributed by atoms with van der Waals surface area (Å²) in [6, 6.07) is 10.6. The van der Waals surface area contributed by atoms with Gasteiger partial charge in [-0.05, 0) is 37.4 Å². The lowest BCUT2D eigenvalue weighted by Crippen LogP contribution is -2.35. The first kappa shape index (κ1) is 15.2. The summed E-state index contributed by atoms with van der Waals surface area (Å²) in [5, 5.41) is 0. The first-order chi connectivity index (χ1) is 9.45. The van der Waals surface area contributed by atoms with E-state index in [1.807, 2.05) is 20.8 Å². The highest BCUT2D eigenvalue weighted by Gasteiger charge is 2.27. The molecular weight excluding hydrogens is 246 g/mol. The maximum absolute atomic E-state index is 12.1. The van der Waals surface area contributed by atoms with Crippen molar-refractivity contribution in [1.29, 1.82) is 0 Å². The highest BCUT2D eigenvalue weighted by Crippen LogP contribution is 2.26. The third kappa shape index (κ3) is 4.45. The fraction of sp³-hybridized carbons (Fsp3) is 0.611. The second-order valence-electron chi connectivity index (χ2n) is 7.08. The zero-order chi connectivity index (χ0) is 14.6. The Morgan fingerprint density at radius 3 is 2.30 bits per heavy atom. The van der Waals surface area contributed by atoms with Gasteiger partial charge < -0.3 is 0 Å². The predicted octanol–water partition coefficient (Wildman–Crippen LogP) is 3.90. The minimum atomic E-state index is -0.179. The van der Waals surface area contributed by atoms with Crippen molar-refractivity contribution in [2.45, 2.75) is 46.6 Å². The molecule has 1 aromatic rings. The third-order valence-corrected chi connectivity index (χ3v) is 4.27. The normalized spacial score (nSPS) is 18.1. The fourth-order valence-electron chi connectivity index (χ4n) is 2.76. The molecule has 1 fully saturated rings. The van der Waals surface area contributed by atoms with E-state index in [0.29, 0.717) is 11.7 Å². The fourth-order valence-corrected chi connectivity index (χ4v) is 2.76. The summed E-state index contributed by atoms with van der Waals surface area (Å²) in [6.07, 6.45) is 3.09. The summed E-state index contributed by atoms with van der Waals surface area (Å²) in [7, 11) is 0. The van der Waals surface area contributed by atoms with Gasteiger partial charge in [-0.15, -0.1) is 0 Å². The minimum Gasteiger partial charge on any atom is -0.299 e. The Balaban J connectivity index is 1.77. The Labute approximate surface area is 123 Å². The zero-order valence-corrected chi connectivity index (χ0v) is 13.1. The summed E-state index contributed by atoms with van der Waals surface area (Å²) >= 11 is 0. The van der Waals surface area contributed by atoms with Gasteiger partial charge in [0.25, 0.3) is 0 Å². The number of likely N-dealkylation sites (tertiary alicyclic amines) is 1. The Kier molecular flexibility index (Phi) is 4.98. The van der Waals surface area contributed by atoms with Gasteiger partial charge >= 0.3 is 0 Å². The predicted molar refractivity (Wildman–Crippen MR) is 83.5 cm³/mol. The zero-order valence-electron chi connectivity index (χ0n) is 13.1. The van der Waals surface area contributed by atoms with Crippen molar-refractivity contribution in [3.8, 4) is 0 Å². The Hall–Kier alpha value is -1.15. The molecule has 0 aromatic heterocycles. The number of benzene rings is 1. The molecule has 0 bridgehead atoms. The molecule has 2 rings (SSSR count). The molecule has 1 aromatic carbocycles. The quantitative estimate of drug-likeness (QED) is 0.829. The van der Waals surface area contributed by atoms with Crippen LogP contribution >= 0.6 is 0 Å². The number of rotatable bonds is 4. The average molecular weight is 273 g/mol. The van der Waals surface area contributed by atoms with Crippen molar-refractivity contribution in [3.63, 3.8) is 0 Å². The number of Topliss-reactive ketones (excluding diaryl/α,β-unsaturated/α-hetero) is 1. The van der Waals surface area contributed by atoms with Crippen molar-refractivity contribution in [2.75, 3.05) is 13.1 Å². The van der Waals surface area contributed by atoms with Gasteiger partial charge in [0.1, 0.15) is 5.78 Å². The van der Waals surface area contributed by atoms with Crippen LogP contribution in [0.4, 0.5) is 0 Å². The molecule has 0 aliphatic carbocycles. The van der Waals surface area contributed by atoms with Crippen LogP contribution in [0.15, 0.2) is 30.3 Å². The van der Waals surface area contributed by atoms with Crippen molar-refractivity contribution in [2.24, 2.45) is 11.3 Å². The van der Waals surface area contributed by atoms with Crippen LogP contribution in [0, 0.1) is 11.3 Å². The van der Waals surface area contributed by atoms with Crippen LogP contribution in [0.2, 0.25) is 0 Å². The van der Waals surface area contributed by atoms with E-state index in [4.69, 9.17) is 0 Å². The highest BCUT2D eigenvalue weighted by atomic mass is 16.1. The number of ketones is 1. The van der Waals surface area contributed by atoms with E-state index in [2.05, 4.69) is 35.2 Å². The molecular formula is C18H27NO. The maximum Gasteiger partial charge on any atom is 0.138 e. The Morgan fingerprint density at radius 2 is 1.75 bits per heavy atom. The van der Waals surface area contributed by atoms with Crippen LogP contribution < -0.4 is 0 Å². The van der Waals surface area contributed by atoms with Crippen LogP contribution in [-0.4, -0.2) is 23.8 Å². The first-order valence-electron chi connectivity index (χ1n) is 7.75. The van der Waals surface area contributed by atoms with Gasteiger partial charge in [-0.3, -0.25) is 9.69 Å². The summed E-state index contributed by atoms with van der Waals surface area (Å²) in [4.78, 5) is 14.6. The molecule has 0 spiro atoms. The monoisotopic (exact) mass is 273 g/mol. The van der Waals surface area contributed by atoms with Gasteiger partial charge in [0.05, 0.1) is 0 Å². The van der Waals surface area contributed by atoms with E-state index in [-0.39, 0.29) is 5.41 Å². The molecule has 0 saturated carbocycles. The lowest BCUT2D eigenvalue weighted by molar-refractivity contribution is -0.127. The van der Waals surface area contributed by atoms with E-state index in [1.54, 1.807) is 0 Å². The molecule has 1 heterocycles. The topological polar surface area (TPSA) is 20.3 Å². The Bertz CT molecular complexity index is 424. The average Bonchev–Trinajstić information content (AvgIpc) is 2.41. The van der Waals surface area contributed by atoms with Crippen LogP contribution in [0.3, 0.4) is 0 Å². The number of piperidine rings is 1. The van der Waals surface area contributed by atoms with Crippen LogP contribution in [-0.2, 0) is 11.3 Å². The molecule has 0 atom stereocenters. The maximum atomic E-state index is 12.1. The lowest BCUT2D eigenvalue weighted by atomic mass is 9.82. The van der Waals surface area contributed by atoms with Gasteiger partial charge in [-0.1, -0.05) is 51.1 Å². The van der Waals surface area contributed by atoms with Crippen LogP contribution in [0.5, 0.6) is 0 Å². The molecule has 0 N–H and O–H groups in total. The number of hydrogen-bond acceptors (Lipinski definition) is 2. The molecule has 2 nitrogen and oxygen atoms in total. The van der Waals surface area contributed by atoms with E-state index in [9.17, 15) is 4.79 Å². The molecule has 1 aliphatic rings. The van der Waals surface area contributed by atoms with Gasteiger partial charge in [0.15, 0.2) is 0 Å². The van der Waals surface area contributed by atoms with Gasteiger partial charge in [-0.2, -0.15) is 0 Å². The van der Waals surface area contributed by atoms with Crippen molar-refractivity contribution < 1.29 is 4.79 Å². The van der Waals surface area contributed by atoms with Gasteiger partial charge in [-0.25, -0.2) is 0 Å². The Morgan fingerprint density at radius 1 is 1.15 bits per heavy atom. The number of carbonyl (C=O) groups excluding carboxylic acids is 1. The van der Waals surface area contributed by atoms with Crippen molar-refractivity contribution in [1.82, 2.24) is 4.90 Å². The van der Waals surface area contributed by atoms with Crippen molar-refractivity contribution in [3.05, 3.63) is 35.9 Å². The smallest absolute Gasteiger partial charge is 0.138 e. The molecule has 2 heteroatoms. The molecule has 20 heavy (non-hydrogen) atoms. The second-order valence-corrected chi connectivity index (χ2v) is 7.08. The van der Waals surface area contributed by atoms with E-state index in [1.165, 1.54) is 5.56 Å². The van der Waals surface area contributed by atoms with Crippen molar-refractivity contribution >= 4 is 5.78 Å². The van der Waals surface area contributed by atoms with E-state index >= 15 is 0 Å². The standard InChI is InChI=1S/C18H27NO/c1-18(2,3)17(20)13-15-9-11-19(12-10-15)14-16-7-5-4-6-8-16/h4-8,15H,9-14H2,1-3H3. The minimum absolute atomic E-state index is 0.179. The van der Waals surface area contributed by atoms with Gasteiger partial charge in [0.2, 0.25) is 0 Å². The highest BCUT2D eigenvalue weighted by molar-refractivity contribution is 5.83. The van der Waals surface area contributed by atoms with Crippen LogP contribution in [0.25, 0.3) is 0 Å². The van der Waals surface area contributed by atoms with Crippen LogP contribution in [0.1, 0.15) is 45.6 Å². The SMILES string of the molecule is CC(C)(C)C(=O)CC1CCN(Cc2ccccc2)CC1. The third-order valence-electron chi connectivity index (χ3n) is 4.27. The summed E-state index contributed by atoms with van der Waals surface area (Å²) in [5.41, 5.74) is 1.21. The summed E-state index contributed by atoms with van der Waals surface area (Å²) in [5.74, 6) is 1.01. The molecule has 0 radical (unpaired) electrons. The number of nitrogens with zero attached hydrogens (tertiary/aromatic N) is 1. The summed E-state index contributed by atoms with van der Waals surface area (Å²) in [6.45, 7) is 9.37. The summed E-state index contributed by atoms with van der Waals surface area (Å²) < 4.78 is 0. The molecule has 1 aliphatic heterocycles. The molecule has 0 amide bonds. The molecule has 1 saturated heterocycles. The van der Waals surface area contributed by atoms with Gasteiger partial charge in [0, 0.05) is 18.4 Å². The largest absolute Gasteiger partial charge is 0.299 e. The molecule has 0 unspecified atom stereocenters.